The van der Waals surface area contributed by atoms with Gasteiger partial charge in [-0.25, -0.2) is 0 Å². The van der Waals surface area contributed by atoms with Gasteiger partial charge in [0.15, 0.2) is 0 Å². The zero-order valence-electron chi connectivity index (χ0n) is 9.71. The van der Waals surface area contributed by atoms with Gasteiger partial charge in [0.2, 0.25) is 0 Å². The Hall–Kier alpha value is -0.730. The number of aliphatic hydroxyl groups excluding tert-OH is 1. The van der Waals surface area contributed by atoms with Crippen molar-refractivity contribution in [1.82, 2.24) is 0 Å². The summed E-state index contributed by atoms with van der Waals surface area (Å²) < 4.78 is 0. The summed E-state index contributed by atoms with van der Waals surface area (Å²) in [5, 5.41) is 9.98. The van der Waals surface area contributed by atoms with Gasteiger partial charge < -0.3 is 10.0 Å². The number of nitrogens with zero attached hydrogens (tertiary/aromatic N) is 1. The monoisotopic (exact) mass is 227 g/mol. The van der Waals surface area contributed by atoms with Crippen molar-refractivity contribution in [2.45, 2.75) is 19.3 Å². The highest BCUT2D eigenvalue weighted by Crippen LogP contribution is 2.30. The molecule has 0 fully saturated rings. The molecule has 0 amide bonds. The lowest BCUT2D eigenvalue weighted by Crippen LogP contribution is -2.22. The first-order valence-corrected chi connectivity index (χ1v) is 5.34. The molecule has 1 N–H and O–H groups in total. The SMILES string of the molecule is CN(C)c1ccc(C(C)(C)CO)cc1Cl. The molecule has 1 rings (SSSR count). The van der Waals surface area contributed by atoms with Crippen LogP contribution in [0.1, 0.15) is 19.4 Å². The molecule has 0 aliphatic carbocycles. The van der Waals surface area contributed by atoms with Gasteiger partial charge in [-0.05, 0) is 17.7 Å². The van der Waals surface area contributed by atoms with Crippen LogP contribution >= 0.6 is 11.6 Å². The Morgan fingerprint density at radius 3 is 2.33 bits per heavy atom. The van der Waals surface area contributed by atoms with Gasteiger partial charge in [-0.1, -0.05) is 31.5 Å². The van der Waals surface area contributed by atoms with Gasteiger partial charge in [-0.3, -0.25) is 0 Å². The van der Waals surface area contributed by atoms with Crippen molar-refractivity contribution < 1.29 is 5.11 Å². The molecule has 84 valence electrons. The number of anilines is 1. The molecular formula is C12H18ClNO. The molecule has 0 saturated carbocycles. The van der Waals surface area contributed by atoms with Gasteiger partial charge in [0.25, 0.3) is 0 Å². The first kappa shape index (κ1) is 12.3. The second-order valence-electron chi connectivity index (χ2n) is 4.60. The van der Waals surface area contributed by atoms with Crippen molar-refractivity contribution >= 4 is 17.3 Å². The Balaban J connectivity index is 3.12. The number of rotatable bonds is 3. The van der Waals surface area contributed by atoms with Crippen LogP contribution in [0.3, 0.4) is 0 Å². The summed E-state index contributed by atoms with van der Waals surface area (Å²) in [5.74, 6) is 0. The minimum atomic E-state index is -0.242. The van der Waals surface area contributed by atoms with E-state index in [0.29, 0.717) is 0 Å². The molecule has 0 aliphatic heterocycles. The maximum atomic E-state index is 9.26. The van der Waals surface area contributed by atoms with Crippen LogP contribution in [0.5, 0.6) is 0 Å². The molecule has 0 spiro atoms. The molecule has 1 aromatic rings. The van der Waals surface area contributed by atoms with E-state index >= 15 is 0 Å². The molecule has 0 bridgehead atoms. The quantitative estimate of drug-likeness (QED) is 0.859. The maximum Gasteiger partial charge on any atom is 0.0642 e. The third-order valence-electron chi connectivity index (χ3n) is 2.61. The van der Waals surface area contributed by atoms with E-state index in [2.05, 4.69) is 0 Å². The number of hydrogen-bond acceptors (Lipinski definition) is 2. The van der Waals surface area contributed by atoms with E-state index in [1.165, 1.54) is 0 Å². The average Bonchev–Trinajstić information content (AvgIpc) is 2.17. The first-order valence-electron chi connectivity index (χ1n) is 4.96. The normalized spacial score (nSPS) is 11.6. The molecule has 2 nitrogen and oxygen atoms in total. The topological polar surface area (TPSA) is 23.5 Å². The van der Waals surface area contributed by atoms with Crippen LogP contribution in [-0.4, -0.2) is 25.8 Å². The van der Waals surface area contributed by atoms with Crippen molar-refractivity contribution in [3.63, 3.8) is 0 Å². The molecule has 0 radical (unpaired) electrons. The average molecular weight is 228 g/mol. The largest absolute Gasteiger partial charge is 0.395 e. The summed E-state index contributed by atoms with van der Waals surface area (Å²) in [6.45, 7) is 4.10. The third kappa shape index (κ3) is 2.64. The fourth-order valence-corrected chi connectivity index (χ4v) is 1.73. The summed E-state index contributed by atoms with van der Waals surface area (Å²) in [5.41, 5.74) is 1.81. The fourth-order valence-electron chi connectivity index (χ4n) is 1.38. The molecule has 0 aliphatic rings. The molecular weight excluding hydrogens is 210 g/mol. The molecule has 3 heteroatoms. The highest BCUT2D eigenvalue weighted by Gasteiger charge is 2.20. The summed E-state index contributed by atoms with van der Waals surface area (Å²) >= 11 is 6.16. The van der Waals surface area contributed by atoms with Crippen LogP contribution in [0, 0.1) is 0 Å². The van der Waals surface area contributed by atoms with Crippen molar-refractivity contribution in [3.8, 4) is 0 Å². The second-order valence-corrected chi connectivity index (χ2v) is 5.01. The number of aliphatic hydroxyl groups is 1. The summed E-state index contributed by atoms with van der Waals surface area (Å²) in [6, 6.07) is 5.92. The van der Waals surface area contributed by atoms with E-state index in [9.17, 15) is 5.11 Å². The number of hydrogen-bond donors (Lipinski definition) is 1. The molecule has 1 aromatic carbocycles. The lowest BCUT2D eigenvalue weighted by Gasteiger charge is -2.24. The van der Waals surface area contributed by atoms with E-state index in [1.54, 1.807) is 0 Å². The predicted octanol–water partition coefficient (Wildman–Crippen LogP) is 2.68. The van der Waals surface area contributed by atoms with Crippen molar-refractivity contribution in [1.29, 1.82) is 0 Å². The Bertz CT molecular complexity index is 347. The summed E-state index contributed by atoms with van der Waals surface area (Å²) in [4.78, 5) is 1.97. The van der Waals surface area contributed by atoms with Crippen LogP contribution < -0.4 is 4.90 Å². The Labute approximate surface area is 96.5 Å². The summed E-state index contributed by atoms with van der Waals surface area (Å²) in [7, 11) is 3.91. The first-order chi connectivity index (χ1) is 6.88. The zero-order valence-corrected chi connectivity index (χ0v) is 10.5. The minimum absolute atomic E-state index is 0.116. The lowest BCUT2D eigenvalue weighted by molar-refractivity contribution is 0.218. The van der Waals surface area contributed by atoms with Crippen molar-refractivity contribution in [3.05, 3.63) is 28.8 Å². The molecule has 0 aromatic heterocycles. The van der Waals surface area contributed by atoms with Crippen LogP contribution in [0.4, 0.5) is 5.69 Å². The lowest BCUT2D eigenvalue weighted by atomic mass is 9.85. The van der Waals surface area contributed by atoms with Crippen LogP contribution in [0.2, 0.25) is 5.02 Å². The molecule has 15 heavy (non-hydrogen) atoms. The molecule has 0 saturated heterocycles. The van der Waals surface area contributed by atoms with E-state index < -0.39 is 0 Å². The standard InChI is InChI=1S/C12H18ClNO/c1-12(2,8-15)9-5-6-11(14(3)4)10(13)7-9/h5-7,15H,8H2,1-4H3. The van der Waals surface area contributed by atoms with E-state index in [-0.39, 0.29) is 12.0 Å². The Morgan fingerprint density at radius 2 is 1.93 bits per heavy atom. The van der Waals surface area contributed by atoms with E-state index in [1.807, 2.05) is 51.0 Å². The van der Waals surface area contributed by atoms with Gasteiger partial charge in [-0.15, -0.1) is 0 Å². The van der Waals surface area contributed by atoms with E-state index in [0.717, 1.165) is 16.3 Å². The second kappa shape index (κ2) is 4.42. The van der Waals surface area contributed by atoms with Gasteiger partial charge in [-0.2, -0.15) is 0 Å². The fraction of sp³-hybridized carbons (Fsp3) is 0.500. The van der Waals surface area contributed by atoms with Gasteiger partial charge >= 0.3 is 0 Å². The van der Waals surface area contributed by atoms with Gasteiger partial charge in [0, 0.05) is 19.5 Å². The maximum absolute atomic E-state index is 9.26. The van der Waals surface area contributed by atoms with Gasteiger partial charge in [0.1, 0.15) is 0 Å². The molecule has 0 atom stereocenters. The highest BCUT2D eigenvalue weighted by molar-refractivity contribution is 6.33. The predicted molar refractivity (Wildman–Crippen MR) is 65.9 cm³/mol. The number of benzene rings is 1. The van der Waals surface area contributed by atoms with Crippen LogP contribution in [0.15, 0.2) is 18.2 Å². The Morgan fingerprint density at radius 1 is 1.33 bits per heavy atom. The zero-order chi connectivity index (χ0) is 11.6. The van der Waals surface area contributed by atoms with E-state index in [4.69, 9.17) is 11.6 Å². The van der Waals surface area contributed by atoms with Gasteiger partial charge in [0.05, 0.1) is 17.3 Å². The minimum Gasteiger partial charge on any atom is -0.395 e. The number of halogens is 1. The van der Waals surface area contributed by atoms with Crippen molar-refractivity contribution in [2.75, 3.05) is 25.6 Å². The third-order valence-corrected chi connectivity index (χ3v) is 2.91. The molecule has 0 heterocycles. The molecule has 0 unspecified atom stereocenters. The smallest absolute Gasteiger partial charge is 0.0642 e. The van der Waals surface area contributed by atoms with Crippen LogP contribution in [-0.2, 0) is 5.41 Å². The van der Waals surface area contributed by atoms with Crippen molar-refractivity contribution in [2.24, 2.45) is 0 Å². The Kier molecular flexibility index (Phi) is 3.63. The highest BCUT2D eigenvalue weighted by atomic mass is 35.5. The van der Waals surface area contributed by atoms with Crippen LogP contribution in [0.25, 0.3) is 0 Å². The summed E-state index contributed by atoms with van der Waals surface area (Å²) in [6.07, 6.45) is 0.